The van der Waals surface area contributed by atoms with Crippen molar-refractivity contribution < 1.29 is 19.1 Å². The molecule has 4 heteroatoms. The van der Waals surface area contributed by atoms with Crippen molar-refractivity contribution >= 4 is 11.9 Å². The minimum Gasteiger partial charge on any atom is -0.465 e. The lowest BCUT2D eigenvalue weighted by atomic mass is 9.83. The molecule has 0 bridgehead atoms. The Balaban J connectivity index is 3.75. The number of rotatable bonds is 21. The van der Waals surface area contributed by atoms with Crippen LogP contribution in [0.2, 0.25) is 0 Å². The Bertz CT molecular complexity index is 446. The van der Waals surface area contributed by atoms with Gasteiger partial charge in [0.25, 0.3) is 0 Å². The van der Waals surface area contributed by atoms with Gasteiger partial charge >= 0.3 is 11.9 Å². The Hall–Kier alpha value is -1.06. The maximum Gasteiger partial charge on any atom is 0.305 e. The molecule has 0 spiro atoms. The van der Waals surface area contributed by atoms with Crippen LogP contribution in [0.5, 0.6) is 0 Å². The summed E-state index contributed by atoms with van der Waals surface area (Å²) >= 11 is 0. The molecule has 0 saturated heterocycles. The average molecular weight is 455 g/mol. The molecular formula is C28H54O4. The van der Waals surface area contributed by atoms with Gasteiger partial charge in [0.2, 0.25) is 0 Å². The number of hydrogen-bond donors (Lipinski definition) is 0. The minimum absolute atomic E-state index is 0.0538. The first-order valence-electron chi connectivity index (χ1n) is 13.6. The molecule has 0 rings (SSSR count). The Morgan fingerprint density at radius 1 is 0.562 bits per heavy atom. The highest BCUT2D eigenvalue weighted by Crippen LogP contribution is 2.29. The molecule has 0 aliphatic carbocycles. The van der Waals surface area contributed by atoms with Crippen molar-refractivity contribution in [1.82, 2.24) is 0 Å². The summed E-state index contributed by atoms with van der Waals surface area (Å²) in [5, 5.41) is 0. The van der Waals surface area contributed by atoms with Crippen LogP contribution in [0, 0.1) is 10.8 Å². The zero-order chi connectivity index (χ0) is 24.3. The van der Waals surface area contributed by atoms with E-state index in [0.717, 1.165) is 64.2 Å². The third-order valence-electron chi connectivity index (χ3n) is 7.15. The molecule has 0 aromatic carbocycles. The minimum atomic E-state index is -0.0538. The molecule has 0 aromatic heterocycles. The Kier molecular flexibility index (Phi) is 17.8. The fourth-order valence-corrected chi connectivity index (χ4v) is 3.81. The van der Waals surface area contributed by atoms with E-state index in [1.807, 2.05) is 0 Å². The molecule has 4 nitrogen and oxygen atoms in total. The normalized spacial score (nSPS) is 15.1. The molecule has 2 atom stereocenters. The second-order valence-corrected chi connectivity index (χ2v) is 10.5. The second kappa shape index (κ2) is 18.4. The lowest BCUT2D eigenvalue weighted by Crippen LogP contribution is -2.24. The smallest absolute Gasteiger partial charge is 0.305 e. The number of esters is 2. The molecule has 0 amide bonds. The maximum absolute atomic E-state index is 12.0. The molecule has 0 saturated carbocycles. The molecule has 0 aromatic rings. The van der Waals surface area contributed by atoms with Gasteiger partial charge < -0.3 is 9.47 Å². The number of ether oxygens (including phenoxy) is 2. The summed E-state index contributed by atoms with van der Waals surface area (Å²) in [5.41, 5.74) is 0.245. The first kappa shape index (κ1) is 30.9. The first-order chi connectivity index (χ1) is 15.2. The summed E-state index contributed by atoms with van der Waals surface area (Å²) in [6.45, 7) is 14.3. The fraction of sp³-hybridized carbons (Fsp3) is 0.929. The highest BCUT2D eigenvalue weighted by molar-refractivity contribution is 5.69. The van der Waals surface area contributed by atoms with E-state index in [4.69, 9.17) is 9.47 Å². The van der Waals surface area contributed by atoms with Gasteiger partial charge in [-0.1, -0.05) is 92.9 Å². The summed E-state index contributed by atoms with van der Waals surface area (Å²) in [4.78, 5) is 24.1. The van der Waals surface area contributed by atoms with E-state index in [1.165, 1.54) is 25.7 Å². The highest BCUT2D eigenvalue weighted by atomic mass is 16.5. The van der Waals surface area contributed by atoms with E-state index in [1.54, 1.807) is 0 Å². The molecule has 0 aliphatic rings. The molecule has 0 heterocycles. The number of carbonyl (C=O) groups excluding carboxylic acids is 2. The van der Waals surface area contributed by atoms with Crippen LogP contribution in [0.4, 0.5) is 0 Å². The highest BCUT2D eigenvalue weighted by Gasteiger charge is 2.24. The summed E-state index contributed by atoms with van der Waals surface area (Å²) in [5.74, 6) is -0.108. The van der Waals surface area contributed by atoms with E-state index >= 15 is 0 Å². The van der Waals surface area contributed by atoms with Crippen LogP contribution in [0.25, 0.3) is 0 Å². The van der Waals surface area contributed by atoms with Crippen LogP contribution in [-0.2, 0) is 19.1 Å². The van der Waals surface area contributed by atoms with Crippen LogP contribution in [0.3, 0.4) is 0 Å². The fourth-order valence-electron chi connectivity index (χ4n) is 3.81. The maximum atomic E-state index is 12.0. The van der Waals surface area contributed by atoms with Crippen LogP contribution >= 0.6 is 0 Å². The lowest BCUT2D eigenvalue weighted by Gasteiger charge is -2.27. The van der Waals surface area contributed by atoms with Crippen LogP contribution in [0.1, 0.15) is 144 Å². The van der Waals surface area contributed by atoms with Crippen molar-refractivity contribution in [1.29, 1.82) is 0 Å². The van der Waals surface area contributed by atoms with Gasteiger partial charge in [0, 0.05) is 23.7 Å². The first-order valence-corrected chi connectivity index (χ1v) is 13.6. The van der Waals surface area contributed by atoms with Crippen LogP contribution in [0.15, 0.2) is 0 Å². The zero-order valence-corrected chi connectivity index (χ0v) is 22.4. The Labute approximate surface area is 199 Å². The quantitative estimate of drug-likeness (QED) is 0.129. The number of carbonyl (C=O) groups is 2. The van der Waals surface area contributed by atoms with E-state index in [2.05, 4.69) is 41.5 Å². The monoisotopic (exact) mass is 454 g/mol. The van der Waals surface area contributed by atoms with Gasteiger partial charge in [-0.25, -0.2) is 0 Å². The SMILES string of the molecule is CCCCC(C)(CC)COC(=O)CCCCCCCCC(=O)OCC(C)(CC)CCCC. The molecule has 0 radical (unpaired) electrons. The second-order valence-electron chi connectivity index (χ2n) is 10.5. The van der Waals surface area contributed by atoms with E-state index in [0.29, 0.717) is 26.1 Å². The van der Waals surface area contributed by atoms with Crippen molar-refractivity contribution in [2.24, 2.45) is 10.8 Å². The van der Waals surface area contributed by atoms with Crippen molar-refractivity contribution in [3.63, 3.8) is 0 Å². The van der Waals surface area contributed by atoms with Gasteiger partial charge in [-0.2, -0.15) is 0 Å². The van der Waals surface area contributed by atoms with E-state index < -0.39 is 0 Å². The lowest BCUT2D eigenvalue weighted by molar-refractivity contribution is -0.148. The van der Waals surface area contributed by atoms with Crippen molar-refractivity contribution in [3.05, 3.63) is 0 Å². The molecule has 0 N–H and O–H groups in total. The predicted octanol–water partition coefficient (Wildman–Crippen LogP) is 8.41. The molecule has 0 aliphatic heterocycles. The van der Waals surface area contributed by atoms with E-state index in [-0.39, 0.29) is 22.8 Å². The average Bonchev–Trinajstić information content (AvgIpc) is 2.80. The topological polar surface area (TPSA) is 52.6 Å². The number of unbranched alkanes of at least 4 members (excludes halogenated alkanes) is 7. The Morgan fingerprint density at radius 3 is 1.22 bits per heavy atom. The van der Waals surface area contributed by atoms with Gasteiger partial charge in [0.15, 0.2) is 0 Å². The molecule has 32 heavy (non-hydrogen) atoms. The van der Waals surface area contributed by atoms with Crippen LogP contribution < -0.4 is 0 Å². The molecule has 0 fully saturated rings. The molecular weight excluding hydrogens is 400 g/mol. The molecule has 2 unspecified atom stereocenters. The molecule has 190 valence electrons. The summed E-state index contributed by atoms with van der Waals surface area (Å²) in [6, 6.07) is 0. The van der Waals surface area contributed by atoms with Crippen molar-refractivity contribution in [2.45, 2.75) is 144 Å². The Morgan fingerprint density at radius 2 is 0.906 bits per heavy atom. The van der Waals surface area contributed by atoms with Gasteiger partial charge in [0.05, 0.1) is 13.2 Å². The number of hydrogen-bond acceptors (Lipinski definition) is 4. The van der Waals surface area contributed by atoms with Gasteiger partial charge in [-0.15, -0.1) is 0 Å². The van der Waals surface area contributed by atoms with Gasteiger partial charge in [0.1, 0.15) is 0 Å². The van der Waals surface area contributed by atoms with Gasteiger partial charge in [-0.05, 0) is 38.5 Å². The zero-order valence-electron chi connectivity index (χ0n) is 22.4. The predicted molar refractivity (Wildman–Crippen MR) is 135 cm³/mol. The summed E-state index contributed by atoms with van der Waals surface area (Å²) < 4.78 is 11.1. The van der Waals surface area contributed by atoms with Crippen LogP contribution in [-0.4, -0.2) is 25.2 Å². The summed E-state index contributed by atoms with van der Waals surface area (Å²) in [7, 11) is 0. The third kappa shape index (κ3) is 15.7. The van der Waals surface area contributed by atoms with E-state index in [9.17, 15) is 9.59 Å². The largest absolute Gasteiger partial charge is 0.465 e. The standard InChI is InChI=1S/C28H54O4/c1-7-11-21-27(5,9-3)23-31-25(29)19-17-15-13-14-16-18-20-26(30)32-24-28(6,10-4)22-12-8-2/h7-24H2,1-6H3. The van der Waals surface area contributed by atoms with Gasteiger partial charge in [-0.3, -0.25) is 9.59 Å². The third-order valence-corrected chi connectivity index (χ3v) is 7.15. The summed E-state index contributed by atoms with van der Waals surface area (Å²) in [6.07, 6.45) is 16.2. The van der Waals surface area contributed by atoms with Crippen molar-refractivity contribution in [2.75, 3.05) is 13.2 Å². The van der Waals surface area contributed by atoms with Crippen molar-refractivity contribution in [3.8, 4) is 0 Å².